The van der Waals surface area contributed by atoms with Gasteiger partial charge in [0.15, 0.2) is 0 Å². The Hall–Kier alpha value is -2.28. The Bertz CT molecular complexity index is 932. The predicted octanol–water partition coefficient (Wildman–Crippen LogP) is 6.06. The molecule has 0 aliphatic heterocycles. The van der Waals surface area contributed by atoms with Crippen molar-refractivity contribution < 1.29 is 5.11 Å². The average molecular weight is 330 g/mol. The summed E-state index contributed by atoms with van der Waals surface area (Å²) in [4.78, 5) is 0. The molecule has 0 bridgehead atoms. The first kappa shape index (κ1) is 16.2. The highest BCUT2D eigenvalue weighted by Crippen LogP contribution is 2.46. The van der Waals surface area contributed by atoms with E-state index < -0.39 is 0 Å². The van der Waals surface area contributed by atoms with E-state index in [0.29, 0.717) is 5.75 Å². The summed E-state index contributed by atoms with van der Waals surface area (Å²) in [5.41, 5.74) is 6.49. The van der Waals surface area contributed by atoms with Crippen molar-refractivity contribution in [3.63, 3.8) is 0 Å². The monoisotopic (exact) mass is 330 g/mol. The number of fused-ring (bicyclic) bond motifs is 2. The summed E-state index contributed by atoms with van der Waals surface area (Å²) in [5, 5.41) is 13.1. The van der Waals surface area contributed by atoms with Gasteiger partial charge in [0.25, 0.3) is 0 Å². The molecule has 4 rings (SSSR count). The minimum Gasteiger partial charge on any atom is -0.507 e. The second-order valence-corrected chi connectivity index (χ2v) is 7.92. The van der Waals surface area contributed by atoms with E-state index in [1.165, 1.54) is 46.0 Å². The van der Waals surface area contributed by atoms with Crippen LogP contribution in [0.1, 0.15) is 54.5 Å². The lowest BCUT2D eigenvalue weighted by Crippen LogP contribution is -2.23. The minimum absolute atomic E-state index is 0.0948. The fourth-order valence-corrected chi connectivity index (χ4v) is 4.50. The van der Waals surface area contributed by atoms with Gasteiger partial charge in [-0.15, -0.1) is 0 Å². The maximum Gasteiger partial charge on any atom is 0.126 e. The van der Waals surface area contributed by atoms with E-state index in [4.69, 9.17) is 0 Å². The number of phenolic OH excluding ortho intramolecular Hbond substituents is 1. The lowest BCUT2D eigenvalue weighted by Gasteiger charge is -2.33. The van der Waals surface area contributed by atoms with Gasteiger partial charge in [-0.3, -0.25) is 0 Å². The van der Waals surface area contributed by atoms with Crippen molar-refractivity contribution in [3.05, 3.63) is 76.3 Å². The fourth-order valence-electron chi connectivity index (χ4n) is 4.50. The van der Waals surface area contributed by atoms with Crippen molar-refractivity contribution in [1.29, 1.82) is 0 Å². The Morgan fingerprint density at radius 1 is 0.800 bits per heavy atom. The summed E-state index contributed by atoms with van der Waals surface area (Å²) < 4.78 is 0. The average Bonchev–Trinajstić information content (AvgIpc) is 2.62. The van der Waals surface area contributed by atoms with Gasteiger partial charge in [0.2, 0.25) is 0 Å². The molecule has 0 radical (unpaired) electrons. The molecule has 1 N–H and O–H groups in total. The second kappa shape index (κ2) is 5.91. The Morgan fingerprint density at radius 2 is 1.40 bits per heavy atom. The Balaban J connectivity index is 2.06. The number of rotatable bonds is 2. The predicted molar refractivity (Wildman–Crippen MR) is 106 cm³/mol. The van der Waals surface area contributed by atoms with Gasteiger partial charge in [-0.2, -0.15) is 0 Å². The quantitative estimate of drug-likeness (QED) is 0.605. The summed E-state index contributed by atoms with van der Waals surface area (Å²) >= 11 is 0. The van der Waals surface area contributed by atoms with Gasteiger partial charge < -0.3 is 5.11 Å². The summed E-state index contributed by atoms with van der Waals surface area (Å²) in [5.74, 6) is 0.508. The first-order valence-corrected chi connectivity index (χ1v) is 9.33. The van der Waals surface area contributed by atoms with Crippen LogP contribution in [0.3, 0.4) is 0 Å². The lowest BCUT2D eigenvalue weighted by molar-refractivity contribution is 0.466. The van der Waals surface area contributed by atoms with E-state index in [9.17, 15) is 5.11 Å². The Labute approximate surface area is 150 Å². The normalized spacial score (nSPS) is 14.5. The van der Waals surface area contributed by atoms with Gasteiger partial charge in [0.1, 0.15) is 5.75 Å². The Kier molecular flexibility index (Phi) is 3.83. The van der Waals surface area contributed by atoms with Gasteiger partial charge in [-0.05, 0) is 60.2 Å². The van der Waals surface area contributed by atoms with Crippen LogP contribution in [0.5, 0.6) is 5.75 Å². The van der Waals surface area contributed by atoms with Gasteiger partial charge in [0.05, 0.1) is 0 Å². The number of phenols is 1. The summed E-state index contributed by atoms with van der Waals surface area (Å²) in [6, 6.07) is 17.3. The van der Waals surface area contributed by atoms with Gasteiger partial charge in [0, 0.05) is 10.8 Å². The van der Waals surface area contributed by atoms with E-state index in [2.05, 4.69) is 63.2 Å². The third-order valence-electron chi connectivity index (χ3n) is 5.91. The number of aryl methyl sites for hydroxylation is 1. The largest absolute Gasteiger partial charge is 0.507 e. The number of aromatic hydroxyl groups is 1. The molecule has 0 spiro atoms. The first-order chi connectivity index (χ1) is 12.0. The molecule has 0 atom stereocenters. The third kappa shape index (κ3) is 2.54. The van der Waals surface area contributed by atoms with Crippen LogP contribution in [0, 0.1) is 6.92 Å². The molecule has 3 aromatic rings. The van der Waals surface area contributed by atoms with Crippen molar-refractivity contribution in [2.45, 2.75) is 51.9 Å². The molecule has 0 fully saturated rings. The highest BCUT2D eigenvalue weighted by molar-refractivity contribution is 5.94. The molecule has 1 aliphatic carbocycles. The molecule has 25 heavy (non-hydrogen) atoms. The molecule has 1 nitrogen and oxygen atoms in total. The van der Waals surface area contributed by atoms with E-state index in [1.807, 2.05) is 6.07 Å². The van der Waals surface area contributed by atoms with Gasteiger partial charge >= 0.3 is 0 Å². The molecule has 0 saturated carbocycles. The molecule has 0 aromatic heterocycles. The van der Waals surface area contributed by atoms with Gasteiger partial charge in [-0.25, -0.2) is 0 Å². The first-order valence-electron chi connectivity index (χ1n) is 9.33. The Morgan fingerprint density at radius 3 is 2.08 bits per heavy atom. The molecule has 1 heteroatoms. The molecule has 0 heterocycles. The highest BCUT2D eigenvalue weighted by atomic mass is 16.3. The second-order valence-electron chi connectivity index (χ2n) is 7.92. The van der Waals surface area contributed by atoms with Crippen LogP contribution in [0.25, 0.3) is 10.8 Å². The van der Waals surface area contributed by atoms with Crippen molar-refractivity contribution in [1.82, 2.24) is 0 Å². The summed E-state index contributed by atoms with van der Waals surface area (Å²) in [6.45, 7) is 6.78. The van der Waals surface area contributed by atoms with E-state index in [-0.39, 0.29) is 5.41 Å². The van der Waals surface area contributed by atoms with E-state index in [1.54, 1.807) is 0 Å². The molecule has 0 saturated heterocycles. The molecule has 0 unspecified atom stereocenters. The molecular formula is C24H26O. The van der Waals surface area contributed by atoms with Crippen LogP contribution in [-0.2, 0) is 18.3 Å². The van der Waals surface area contributed by atoms with Crippen LogP contribution in [0.2, 0.25) is 0 Å². The number of benzene rings is 3. The molecule has 128 valence electrons. The van der Waals surface area contributed by atoms with E-state index >= 15 is 0 Å². The fraction of sp³-hybridized carbons (Fsp3) is 0.333. The maximum atomic E-state index is 10.9. The van der Waals surface area contributed by atoms with Crippen molar-refractivity contribution in [2.24, 2.45) is 0 Å². The van der Waals surface area contributed by atoms with Crippen molar-refractivity contribution in [2.75, 3.05) is 0 Å². The van der Waals surface area contributed by atoms with Crippen LogP contribution in [0.15, 0.2) is 48.5 Å². The molecule has 1 aliphatic rings. The zero-order chi connectivity index (χ0) is 17.6. The zero-order valence-corrected chi connectivity index (χ0v) is 15.4. The van der Waals surface area contributed by atoms with Crippen molar-refractivity contribution >= 4 is 10.8 Å². The van der Waals surface area contributed by atoms with Crippen LogP contribution in [0.4, 0.5) is 0 Å². The SMILES string of the molecule is Cc1ccc(C(C)(C)c2c3c(c(O)c4ccccc24)CCCC3)cc1. The lowest BCUT2D eigenvalue weighted by atomic mass is 9.70. The van der Waals surface area contributed by atoms with Crippen LogP contribution in [-0.4, -0.2) is 5.11 Å². The summed E-state index contributed by atoms with van der Waals surface area (Å²) in [7, 11) is 0. The number of hydrogen-bond acceptors (Lipinski definition) is 1. The molecule has 3 aromatic carbocycles. The minimum atomic E-state index is -0.0948. The highest BCUT2D eigenvalue weighted by Gasteiger charge is 2.31. The van der Waals surface area contributed by atoms with Crippen LogP contribution < -0.4 is 0 Å². The molecular weight excluding hydrogens is 304 g/mol. The van der Waals surface area contributed by atoms with Crippen LogP contribution >= 0.6 is 0 Å². The van der Waals surface area contributed by atoms with Gasteiger partial charge in [-0.1, -0.05) is 67.9 Å². The van der Waals surface area contributed by atoms with E-state index in [0.717, 1.165) is 18.2 Å². The van der Waals surface area contributed by atoms with Crippen molar-refractivity contribution in [3.8, 4) is 5.75 Å². The number of hydrogen-bond donors (Lipinski definition) is 1. The topological polar surface area (TPSA) is 20.2 Å². The standard InChI is InChI=1S/C24H26O/c1-16-12-14-17(15-13-16)24(2,3)22-18-8-4-6-10-20(18)23(25)21-11-7-5-9-19(21)22/h4,6,8,10,12-15,25H,5,7,9,11H2,1-3H3. The molecule has 0 amide bonds. The summed E-state index contributed by atoms with van der Waals surface area (Å²) in [6.07, 6.45) is 4.44. The maximum absolute atomic E-state index is 10.9. The zero-order valence-electron chi connectivity index (χ0n) is 15.4. The smallest absolute Gasteiger partial charge is 0.126 e. The third-order valence-corrected chi connectivity index (χ3v) is 5.91.